The average molecular weight is 353 g/mol. The van der Waals surface area contributed by atoms with E-state index in [1.54, 1.807) is 0 Å². The van der Waals surface area contributed by atoms with Gasteiger partial charge in [-0.1, -0.05) is 47.3 Å². The Morgan fingerprint density at radius 1 is 1.24 bits per heavy atom. The lowest BCUT2D eigenvalue weighted by Crippen LogP contribution is -2.52. The van der Waals surface area contributed by atoms with Crippen molar-refractivity contribution in [1.82, 2.24) is 5.32 Å². The van der Waals surface area contributed by atoms with Crippen molar-refractivity contribution in [1.29, 1.82) is 0 Å². The van der Waals surface area contributed by atoms with Crippen LogP contribution in [0.2, 0.25) is 0 Å². The minimum atomic E-state index is -0.391. The van der Waals surface area contributed by atoms with Crippen LogP contribution in [-0.4, -0.2) is 12.5 Å². The molecule has 0 unspecified atom stereocenters. The summed E-state index contributed by atoms with van der Waals surface area (Å²) in [7, 11) is 0. The molecule has 116 valence electrons. The molecule has 0 aliphatic heterocycles. The minimum Gasteiger partial charge on any atom is -0.347 e. The van der Waals surface area contributed by atoms with Crippen LogP contribution in [0.1, 0.15) is 51.5 Å². The van der Waals surface area contributed by atoms with Crippen molar-refractivity contribution in [3.8, 4) is 0 Å². The van der Waals surface area contributed by atoms with Crippen LogP contribution in [0, 0.1) is 5.41 Å². The zero-order chi connectivity index (χ0) is 15.5. The zero-order valence-electron chi connectivity index (χ0n) is 12.9. The maximum atomic E-state index is 12.8. The first kappa shape index (κ1) is 16.5. The van der Waals surface area contributed by atoms with Gasteiger partial charge in [0.25, 0.3) is 0 Å². The van der Waals surface area contributed by atoms with Crippen LogP contribution < -0.4 is 11.1 Å². The molecule has 1 aromatic carbocycles. The van der Waals surface area contributed by atoms with Crippen molar-refractivity contribution in [3.05, 3.63) is 34.3 Å². The summed E-state index contributed by atoms with van der Waals surface area (Å²) in [5, 5.41) is 3.22. The van der Waals surface area contributed by atoms with Gasteiger partial charge in [0.05, 0.1) is 11.0 Å². The van der Waals surface area contributed by atoms with Crippen LogP contribution >= 0.6 is 15.9 Å². The van der Waals surface area contributed by atoms with Crippen molar-refractivity contribution in [3.63, 3.8) is 0 Å². The molecular weight excluding hydrogens is 328 g/mol. The summed E-state index contributed by atoms with van der Waals surface area (Å²) in [5.41, 5.74) is 6.29. The number of nitrogens with one attached hydrogen (secondary N) is 1. The molecule has 21 heavy (non-hydrogen) atoms. The Labute approximate surface area is 135 Å². The molecule has 2 rings (SSSR count). The smallest absolute Gasteiger partial charge is 0.228 e. The Morgan fingerprint density at radius 3 is 2.33 bits per heavy atom. The summed E-state index contributed by atoms with van der Waals surface area (Å²) >= 11 is 3.44. The second-order valence-corrected chi connectivity index (χ2v) is 7.55. The van der Waals surface area contributed by atoms with Gasteiger partial charge in [-0.3, -0.25) is 4.79 Å². The molecule has 1 aromatic rings. The second-order valence-electron chi connectivity index (χ2n) is 6.63. The first-order valence-corrected chi connectivity index (χ1v) is 8.48. The molecule has 1 amide bonds. The highest BCUT2D eigenvalue weighted by Crippen LogP contribution is 2.36. The fourth-order valence-electron chi connectivity index (χ4n) is 3.11. The summed E-state index contributed by atoms with van der Waals surface area (Å²) in [6, 6.07) is 8.09. The number of hydrogen-bond donors (Lipinski definition) is 2. The first-order valence-electron chi connectivity index (χ1n) is 7.68. The van der Waals surface area contributed by atoms with Gasteiger partial charge in [-0.2, -0.15) is 0 Å². The molecule has 4 heteroatoms. The van der Waals surface area contributed by atoms with Crippen LogP contribution in [0.15, 0.2) is 28.7 Å². The highest BCUT2D eigenvalue weighted by Gasteiger charge is 2.40. The fraction of sp³-hybridized carbons (Fsp3) is 0.588. The Bertz CT molecular complexity index is 490. The van der Waals surface area contributed by atoms with Crippen molar-refractivity contribution >= 4 is 21.8 Å². The number of rotatable bonds is 4. The van der Waals surface area contributed by atoms with Crippen LogP contribution in [0.5, 0.6) is 0 Å². The molecule has 0 bridgehead atoms. The topological polar surface area (TPSA) is 55.1 Å². The SMILES string of the molecule is CC(C)(NC(=O)C1(CN)CCCCC1)c1ccc(Br)cc1. The lowest BCUT2D eigenvalue weighted by Gasteiger charge is -2.38. The zero-order valence-corrected chi connectivity index (χ0v) is 14.5. The number of carbonyl (C=O) groups is 1. The van der Waals surface area contributed by atoms with Crippen LogP contribution in [0.3, 0.4) is 0 Å². The maximum Gasteiger partial charge on any atom is 0.228 e. The van der Waals surface area contributed by atoms with Crippen molar-refractivity contribution in [2.45, 2.75) is 51.5 Å². The Morgan fingerprint density at radius 2 is 1.81 bits per heavy atom. The van der Waals surface area contributed by atoms with Crippen LogP contribution in [-0.2, 0) is 10.3 Å². The van der Waals surface area contributed by atoms with Crippen LogP contribution in [0.25, 0.3) is 0 Å². The number of hydrogen-bond acceptors (Lipinski definition) is 2. The first-order chi connectivity index (χ1) is 9.89. The standard InChI is InChI=1S/C17H25BrN2O/c1-16(2,13-6-8-14(18)9-7-13)20-15(21)17(12-19)10-4-3-5-11-17/h6-9H,3-5,10-12,19H2,1-2H3,(H,20,21). The molecule has 1 aliphatic carbocycles. The second kappa shape index (κ2) is 6.49. The van der Waals surface area contributed by atoms with Gasteiger partial charge in [-0.25, -0.2) is 0 Å². The molecule has 3 N–H and O–H groups in total. The van der Waals surface area contributed by atoms with Crippen LogP contribution in [0.4, 0.5) is 0 Å². The van der Waals surface area contributed by atoms with Gasteiger partial charge in [0.1, 0.15) is 0 Å². The number of benzene rings is 1. The molecule has 0 aromatic heterocycles. The minimum absolute atomic E-state index is 0.109. The Balaban J connectivity index is 2.14. The monoisotopic (exact) mass is 352 g/mol. The molecule has 3 nitrogen and oxygen atoms in total. The fourth-order valence-corrected chi connectivity index (χ4v) is 3.37. The molecule has 0 spiro atoms. The maximum absolute atomic E-state index is 12.8. The highest BCUT2D eigenvalue weighted by atomic mass is 79.9. The predicted octanol–water partition coefficient (Wildman–Crippen LogP) is 3.71. The quantitative estimate of drug-likeness (QED) is 0.867. The largest absolute Gasteiger partial charge is 0.347 e. The third kappa shape index (κ3) is 3.67. The normalized spacial score (nSPS) is 18.3. The molecule has 1 aliphatic rings. The van der Waals surface area contributed by atoms with Gasteiger partial charge in [0, 0.05) is 11.0 Å². The van der Waals surface area contributed by atoms with Gasteiger partial charge in [0.15, 0.2) is 0 Å². The van der Waals surface area contributed by atoms with Crippen molar-refractivity contribution in [2.24, 2.45) is 11.1 Å². The average Bonchev–Trinajstić information content (AvgIpc) is 2.48. The van der Waals surface area contributed by atoms with E-state index in [-0.39, 0.29) is 11.3 Å². The van der Waals surface area contributed by atoms with E-state index in [2.05, 4.69) is 21.2 Å². The van der Waals surface area contributed by atoms with E-state index >= 15 is 0 Å². The highest BCUT2D eigenvalue weighted by molar-refractivity contribution is 9.10. The van der Waals surface area contributed by atoms with Gasteiger partial charge in [-0.15, -0.1) is 0 Å². The van der Waals surface area contributed by atoms with Gasteiger partial charge in [0.2, 0.25) is 5.91 Å². The van der Waals surface area contributed by atoms with E-state index < -0.39 is 5.54 Å². The summed E-state index contributed by atoms with van der Waals surface area (Å²) in [6.07, 6.45) is 5.23. The van der Waals surface area contributed by atoms with Crippen molar-refractivity contribution < 1.29 is 4.79 Å². The third-order valence-electron chi connectivity index (χ3n) is 4.68. The molecule has 0 radical (unpaired) electrons. The number of amides is 1. The van der Waals surface area contributed by atoms with Crippen molar-refractivity contribution in [2.75, 3.05) is 6.54 Å². The summed E-state index contributed by atoms with van der Waals surface area (Å²) < 4.78 is 1.04. The predicted molar refractivity (Wildman–Crippen MR) is 89.9 cm³/mol. The summed E-state index contributed by atoms with van der Waals surface area (Å²) in [5.74, 6) is 0.109. The molecule has 1 saturated carbocycles. The Hall–Kier alpha value is -0.870. The number of carbonyl (C=O) groups excluding carboxylic acids is 1. The molecule has 1 fully saturated rings. The third-order valence-corrected chi connectivity index (χ3v) is 5.20. The van der Waals surface area contributed by atoms with E-state index in [1.807, 2.05) is 38.1 Å². The molecule has 0 heterocycles. The van der Waals surface area contributed by atoms with Gasteiger partial charge >= 0.3 is 0 Å². The van der Waals surface area contributed by atoms with E-state index in [4.69, 9.17) is 5.73 Å². The Kier molecular flexibility index (Phi) is 5.10. The van der Waals surface area contributed by atoms with E-state index in [0.717, 1.165) is 35.7 Å². The van der Waals surface area contributed by atoms with E-state index in [1.165, 1.54) is 6.42 Å². The lowest BCUT2D eigenvalue weighted by atomic mass is 9.73. The number of nitrogens with two attached hydrogens (primary N) is 1. The van der Waals surface area contributed by atoms with Gasteiger partial charge < -0.3 is 11.1 Å². The molecule has 0 atom stereocenters. The van der Waals surface area contributed by atoms with E-state index in [9.17, 15) is 4.79 Å². The summed E-state index contributed by atoms with van der Waals surface area (Å²) in [4.78, 5) is 12.8. The molecule has 0 saturated heterocycles. The summed E-state index contributed by atoms with van der Waals surface area (Å²) in [6.45, 7) is 4.53. The van der Waals surface area contributed by atoms with E-state index in [0.29, 0.717) is 6.54 Å². The van der Waals surface area contributed by atoms with Gasteiger partial charge in [-0.05, 0) is 44.4 Å². The lowest BCUT2D eigenvalue weighted by molar-refractivity contribution is -0.134. The molecular formula is C17H25BrN2O. The number of halogens is 1.